The third kappa shape index (κ3) is 2.65. The maximum absolute atomic E-state index is 13.8. The van der Waals surface area contributed by atoms with E-state index in [1.54, 1.807) is 46.8 Å². The Morgan fingerprint density at radius 2 is 2.18 bits per heavy atom. The summed E-state index contributed by atoms with van der Waals surface area (Å²) in [4.78, 5) is 8.55. The number of hydrogen-bond donors (Lipinski definition) is 4. The van der Waals surface area contributed by atoms with Gasteiger partial charge in [-0.3, -0.25) is 16.0 Å². The second-order valence-electron chi connectivity index (χ2n) is 4.61. The van der Waals surface area contributed by atoms with Crippen LogP contribution in [-0.4, -0.2) is 25.4 Å². The summed E-state index contributed by atoms with van der Waals surface area (Å²) in [6.07, 6.45) is 5.17. The van der Waals surface area contributed by atoms with E-state index in [9.17, 15) is 4.39 Å². The van der Waals surface area contributed by atoms with Crippen molar-refractivity contribution in [2.45, 2.75) is 6.42 Å². The summed E-state index contributed by atoms with van der Waals surface area (Å²) < 4.78 is 15.5. The van der Waals surface area contributed by atoms with Crippen molar-refractivity contribution >= 4 is 11.5 Å². The monoisotopic (exact) mass is 300 g/mol. The van der Waals surface area contributed by atoms with Crippen LogP contribution in [-0.2, 0) is 6.42 Å². The normalized spacial score (nSPS) is 10.8. The molecule has 7 nitrogen and oxygen atoms in total. The average molecular weight is 300 g/mol. The molecular weight excluding hydrogens is 287 g/mol. The van der Waals surface area contributed by atoms with Gasteiger partial charge in [-0.15, -0.1) is 5.59 Å². The van der Waals surface area contributed by atoms with Crippen LogP contribution in [0.2, 0.25) is 0 Å². The Labute approximate surface area is 124 Å². The molecule has 0 amide bonds. The van der Waals surface area contributed by atoms with Crippen molar-refractivity contribution in [1.29, 1.82) is 5.41 Å². The van der Waals surface area contributed by atoms with E-state index in [1.165, 1.54) is 6.07 Å². The summed E-state index contributed by atoms with van der Waals surface area (Å²) in [6.45, 7) is 0. The standard InChI is InChI=1S/C14H13FN6O/c15-10-4-2-1-3-9(10)7-11-14-17-5-6-21(14)8-12(18-11)13(16)19-20-22/h1-6,8,20,22H,7H2,(H2,16,19). The van der Waals surface area contributed by atoms with Gasteiger partial charge >= 0.3 is 0 Å². The van der Waals surface area contributed by atoms with E-state index in [4.69, 9.17) is 10.6 Å². The van der Waals surface area contributed by atoms with Gasteiger partial charge in [0.1, 0.15) is 11.5 Å². The number of halogens is 1. The Morgan fingerprint density at radius 1 is 1.36 bits per heavy atom. The molecule has 8 heteroatoms. The van der Waals surface area contributed by atoms with E-state index in [2.05, 4.69) is 15.4 Å². The highest BCUT2D eigenvalue weighted by Gasteiger charge is 2.13. The van der Waals surface area contributed by atoms with Crippen LogP contribution in [0.4, 0.5) is 4.39 Å². The molecular formula is C14H13FN6O. The third-order valence-electron chi connectivity index (χ3n) is 3.20. The number of fused-ring (bicyclic) bond motifs is 1. The van der Waals surface area contributed by atoms with Crippen LogP contribution in [0.25, 0.3) is 5.65 Å². The van der Waals surface area contributed by atoms with E-state index in [1.807, 2.05) is 0 Å². The minimum atomic E-state index is -0.315. The molecule has 0 aliphatic rings. The quantitative estimate of drug-likeness (QED) is 0.330. The fourth-order valence-corrected chi connectivity index (χ4v) is 2.18. The summed E-state index contributed by atoms with van der Waals surface area (Å²) in [5.74, 6) is -0.433. The van der Waals surface area contributed by atoms with Gasteiger partial charge in [0.2, 0.25) is 0 Å². The molecule has 3 aromatic rings. The fourth-order valence-electron chi connectivity index (χ4n) is 2.18. The minimum absolute atomic E-state index is 0.118. The highest BCUT2D eigenvalue weighted by molar-refractivity contribution is 5.94. The molecule has 1 aromatic carbocycles. The molecule has 0 aliphatic carbocycles. The smallest absolute Gasteiger partial charge is 0.162 e. The average Bonchev–Trinajstić information content (AvgIpc) is 2.98. The van der Waals surface area contributed by atoms with Crippen LogP contribution in [0.5, 0.6) is 0 Å². The third-order valence-corrected chi connectivity index (χ3v) is 3.20. The maximum Gasteiger partial charge on any atom is 0.162 e. The van der Waals surface area contributed by atoms with E-state index in [0.717, 1.165) is 0 Å². The van der Waals surface area contributed by atoms with Crippen LogP contribution in [0.15, 0.2) is 42.9 Å². The summed E-state index contributed by atoms with van der Waals surface area (Å²) in [6, 6.07) is 6.45. The van der Waals surface area contributed by atoms with Gasteiger partial charge < -0.3 is 4.40 Å². The van der Waals surface area contributed by atoms with Crippen molar-refractivity contribution in [2.75, 3.05) is 0 Å². The van der Waals surface area contributed by atoms with E-state index in [-0.39, 0.29) is 18.1 Å². The number of imidazole rings is 1. The minimum Gasteiger partial charge on any atom is -0.303 e. The first-order valence-electron chi connectivity index (χ1n) is 6.49. The van der Waals surface area contributed by atoms with Crippen LogP contribution in [0.3, 0.4) is 0 Å². The van der Waals surface area contributed by atoms with E-state index < -0.39 is 0 Å². The van der Waals surface area contributed by atoms with Crippen molar-refractivity contribution in [2.24, 2.45) is 0 Å². The fraction of sp³-hybridized carbons (Fsp3) is 0.0714. The number of benzene rings is 1. The first-order chi connectivity index (χ1) is 10.7. The van der Waals surface area contributed by atoms with Crippen molar-refractivity contribution < 1.29 is 9.60 Å². The van der Waals surface area contributed by atoms with Gasteiger partial charge in [0, 0.05) is 25.0 Å². The molecule has 0 spiro atoms. The predicted octanol–water partition coefficient (Wildman–Crippen LogP) is 1.27. The largest absolute Gasteiger partial charge is 0.303 e. The number of amidine groups is 1. The summed E-state index contributed by atoms with van der Waals surface area (Å²) in [5, 5.41) is 16.4. The summed E-state index contributed by atoms with van der Waals surface area (Å²) >= 11 is 0. The second kappa shape index (κ2) is 5.88. The lowest BCUT2D eigenvalue weighted by atomic mass is 10.1. The lowest BCUT2D eigenvalue weighted by Crippen LogP contribution is -2.35. The second-order valence-corrected chi connectivity index (χ2v) is 4.61. The first kappa shape index (κ1) is 14.1. The lowest BCUT2D eigenvalue weighted by molar-refractivity contribution is 0.144. The molecule has 0 aliphatic heterocycles. The maximum atomic E-state index is 13.8. The Hall–Kier alpha value is -2.84. The molecule has 2 aromatic heterocycles. The number of nitrogens with zero attached hydrogens (tertiary/aromatic N) is 3. The molecule has 2 heterocycles. The molecule has 0 bridgehead atoms. The number of hydrogen-bond acceptors (Lipinski definition) is 5. The topological polar surface area (TPSA) is 98.3 Å². The van der Waals surface area contributed by atoms with E-state index >= 15 is 0 Å². The van der Waals surface area contributed by atoms with Gasteiger partial charge in [-0.25, -0.2) is 14.4 Å². The molecule has 0 radical (unpaired) electrons. The van der Waals surface area contributed by atoms with Gasteiger partial charge in [0.25, 0.3) is 0 Å². The molecule has 0 saturated carbocycles. The summed E-state index contributed by atoms with van der Waals surface area (Å²) in [5.41, 5.74) is 5.85. The Morgan fingerprint density at radius 3 is 2.95 bits per heavy atom. The van der Waals surface area contributed by atoms with Crippen molar-refractivity contribution in [3.05, 3.63) is 65.6 Å². The zero-order chi connectivity index (χ0) is 15.5. The number of hydrazine groups is 1. The van der Waals surface area contributed by atoms with Crippen molar-refractivity contribution in [3.8, 4) is 0 Å². The summed E-state index contributed by atoms with van der Waals surface area (Å²) in [7, 11) is 0. The van der Waals surface area contributed by atoms with Crippen LogP contribution < -0.4 is 11.0 Å². The highest BCUT2D eigenvalue weighted by atomic mass is 19.1. The Balaban J connectivity index is 2.05. The molecule has 0 fully saturated rings. The first-order valence-corrected chi connectivity index (χ1v) is 6.49. The molecule has 3 rings (SSSR count). The van der Waals surface area contributed by atoms with Gasteiger partial charge in [-0.2, -0.15) is 0 Å². The number of rotatable bonds is 4. The number of aromatic nitrogens is 3. The Kier molecular flexibility index (Phi) is 3.77. The van der Waals surface area contributed by atoms with E-state index in [0.29, 0.717) is 22.6 Å². The van der Waals surface area contributed by atoms with Gasteiger partial charge in [0.15, 0.2) is 11.5 Å². The zero-order valence-electron chi connectivity index (χ0n) is 11.4. The lowest BCUT2D eigenvalue weighted by Gasteiger charge is -2.09. The molecule has 22 heavy (non-hydrogen) atoms. The van der Waals surface area contributed by atoms with Crippen molar-refractivity contribution in [1.82, 2.24) is 25.4 Å². The van der Waals surface area contributed by atoms with Gasteiger partial charge in [-0.1, -0.05) is 18.2 Å². The molecule has 0 saturated heterocycles. The molecule has 4 N–H and O–H groups in total. The molecule has 112 valence electrons. The molecule has 0 unspecified atom stereocenters. The van der Waals surface area contributed by atoms with Gasteiger partial charge in [-0.05, 0) is 11.6 Å². The molecule has 0 atom stereocenters. The zero-order valence-corrected chi connectivity index (χ0v) is 11.4. The van der Waals surface area contributed by atoms with Crippen LogP contribution in [0, 0.1) is 11.2 Å². The predicted molar refractivity (Wildman–Crippen MR) is 77.1 cm³/mol. The van der Waals surface area contributed by atoms with Crippen molar-refractivity contribution in [3.63, 3.8) is 0 Å². The van der Waals surface area contributed by atoms with Crippen LogP contribution >= 0.6 is 0 Å². The van der Waals surface area contributed by atoms with Crippen LogP contribution in [0.1, 0.15) is 17.0 Å². The number of nitrogens with one attached hydrogen (secondary N) is 3. The van der Waals surface area contributed by atoms with Gasteiger partial charge in [0.05, 0.1) is 5.69 Å². The Bertz CT molecular complexity index is 831. The highest BCUT2D eigenvalue weighted by Crippen LogP contribution is 2.16. The SMILES string of the molecule is N=C(NNO)c1cn2ccnc2c(Cc2ccccc2F)n1.